The van der Waals surface area contributed by atoms with Crippen LogP contribution in [0.2, 0.25) is 0 Å². The van der Waals surface area contributed by atoms with Gasteiger partial charge in [-0.3, -0.25) is 10.0 Å². The van der Waals surface area contributed by atoms with Gasteiger partial charge in [-0.25, -0.2) is 23.2 Å². The average Bonchev–Trinajstić information content (AvgIpc) is 3.32. The van der Waals surface area contributed by atoms with Gasteiger partial charge in [0.15, 0.2) is 5.13 Å². The Labute approximate surface area is 232 Å². The minimum atomic E-state index is -3.85. The number of hydrogen-bond donors (Lipinski definition) is 3. The summed E-state index contributed by atoms with van der Waals surface area (Å²) >= 11 is 1.35. The Morgan fingerprint density at radius 1 is 1.05 bits per heavy atom. The molecule has 206 valence electrons. The first kappa shape index (κ1) is 28.3. The zero-order valence-electron chi connectivity index (χ0n) is 22.3. The molecular weight excluding hydrogens is 536 g/mol. The Kier molecular flexibility index (Phi) is 9.00. The molecule has 2 aromatic carbocycles. The Morgan fingerprint density at radius 3 is 2.49 bits per heavy atom. The number of nitrogens with zero attached hydrogens (tertiary/aromatic N) is 3. The summed E-state index contributed by atoms with van der Waals surface area (Å²) in [7, 11) is -2.41. The number of anilines is 2. The van der Waals surface area contributed by atoms with Crippen molar-refractivity contribution in [2.45, 2.75) is 25.7 Å². The van der Waals surface area contributed by atoms with Crippen molar-refractivity contribution in [2.75, 3.05) is 43.3 Å². The number of likely N-dealkylation sites (N-methyl/N-ethyl adjacent to an activating group) is 1. The third-order valence-corrected chi connectivity index (χ3v) is 8.49. The number of carbonyl (C=O) groups is 1. The van der Waals surface area contributed by atoms with Gasteiger partial charge in [0.25, 0.3) is 10.0 Å². The number of benzene rings is 2. The molecule has 4 rings (SSSR count). The highest BCUT2D eigenvalue weighted by Crippen LogP contribution is 2.34. The maximum Gasteiger partial charge on any atom is 0.321 e. The van der Waals surface area contributed by atoms with Gasteiger partial charge >= 0.3 is 6.03 Å². The molecule has 0 fully saturated rings. The van der Waals surface area contributed by atoms with Crippen molar-refractivity contribution in [1.29, 1.82) is 0 Å². The average molecular weight is 569 g/mol. The third kappa shape index (κ3) is 7.02. The van der Waals surface area contributed by atoms with Gasteiger partial charge in [-0.15, -0.1) is 0 Å². The summed E-state index contributed by atoms with van der Waals surface area (Å²) < 4.78 is 34.7. The minimum Gasteiger partial charge on any atom is -0.480 e. The van der Waals surface area contributed by atoms with Crippen LogP contribution in [-0.4, -0.2) is 62.6 Å². The normalized spacial score (nSPS) is 11.5. The standard InChI is InChI=1S/C27H32N6O4S2/c1-5-33(6-2)14-13-28-26(34)31-27-30-22-12-9-19(16-24(22)38-27)20-15-23(25(37-4)29-17-20)32-39(35,36)21-10-7-18(3)8-11-21/h7-12,15-17,32H,5-6,13-14H2,1-4H3,(H2,28,30,31,34). The fraction of sp³-hybridized carbons (Fsp3) is 0.296. The first-order valence-corrected chi connectivity index (χ1v) is 14.8. The van der Waals surface area contributed by atoms with Crippen molar-refractivity contribution >= 4 is 48.4 Å². The number of pyridine rings is 1. The number of methoxy groups -OCH3 is 1. The van der Waals surface area contributed by atoms with E-state index in [2.05, 4.69) is 44.1 Å². The lowest BCUT2D eigenvalue weighted by atomic mass is 10.1. The molecule has 0 aliphatic heterocycles. The SMILES string of the molecule is CCN(CC)CCNC(=O)Nc1nc2ccc(-c3cnc(OC)c(NS(=O)(=O)c4ccc(C)cc4)c3)cc2s1. The van der Waals surface area contributed by atoms with Crippen molar-refractivity contribution in [1.82, 2.24) is 20.2 Å². The summed E-state index contributed by atoms with van der Waals surface area (Å²) in [5.74, 6) is 0.159. The van der Waals surface area contributed by atoms with E-state index in [4.69, 9.17) is 4.74 Å². The van der Waals surface area contributed by atoms with Crippen molar-refractivity contribution in [3.05, 3.63) is 60.3 Å². The summed E-state index contributed by atoms with van der Waals surface area (Å²) in [5, 5.41) is 6.15. The molecule has 0 saturated carbocycles. The number of aryl methyl sites for hydroxylation is 1. The predicted octanol–water partition coefficient (Wildman–Crippen LogP) is 4.94. The van der Waals surface area contributed by atoms with Crippen molar-refractivity contribution in [3.8, 4) is 17.0 Å². The fourth-order valence-electron chi connectivity index (χ4n) is 3.93. The quantitative estimate of drug-likeness (QED) is 0.234. The van der Waals surface area contributed by atoms with E-state index >= 15 is 0 Å². The summed E-state index contributed by atoms with van der Waals surface area (Å²) in [4.78, 5) is 23.5. The minimum absolute atomic E-state index is 0.142. The molecule has 0 aliphatic carbocycles. The number of thiazole rings is 1. The largest absolute Gasteiger partial charge is 0.480 e. The second-order valence-electron chi connectivity index (χ2n) is 8.81. The lowest BCUT2D eigenvalue weighted by Crippen LogP contribution is -2.36. The van der Waals surface area contributed by atoms with E-state index in [1.807, 2.05) is 25.1 Å². The molecule has 0 bridgehead atoms. The van der Waals surface area contributed by atoms with Gasteiger partial charge < -0.3 is 15.0 Å². The summed E-state index contributed by atoms with van der Waals surface area (Å²) in [6.07, 6.45) is 1.62. The van der Waals surface area contributed by atoms with Crippen LogP contribution in [0.5, 0.6) is 5.88 Å². The molecule has 3 N–H and O–H groups in total. The maximum atomic E-state index is 13.0. The van der Waals surface area contributed by atoms with Crippen LogP contribution < -0.4 is 20.1 Å². The molecule has 10 nitrogen and oxygen atoms in total. The highest BCUT2D eigenvalue weighted by Gasteiger charge is 2.18. The van der Waals surface area contributed by atoms with Gasteiger partial charge in [0.1, 0.15) is 5.69 Å². The molecule has 2 heterocycles. The first-order chi connectivity index (χ1) is 18.7. The van der Waals surface area contributed by atoms with Gasteiger partial charge in [-0.05, 0) is 55.9 Å². The molecule has 0 aliphatic rings. The van der Waals surface area contributed by atoms with Crippen molar-refractivity contribution < 1.29 is 17.9 Å². The molecule has 4 aromatic rings. The van der Waals surface area contributed by atoms with Crippen LogP contribution >= 0.6 is 11.3 Å². The Bertz CT molecular complexity index is 1550. The number of sulfonamides is 1. The van der Waals surface area contributed by atoms with Crippen LogP contribution in [0, 0.1) is 6.92 Å². The van der Waals surface area contributed by atoms with Gasteiger partial charge in [-0.1, -0.05) is 48.9 Å². The van der Waals surface area contributed by atoms with E-state index in [9.17, 15) is 13.2 Å². The molecule has 12 heteroatoms. The van der Waals surface area contributed by atoms with E-state index in [0.717, 1.165) is 41.0 Å². The van der Waals surface area contributed by atoms with Gasteiger partial charge in [0, 0.05) is 24.8 Å². The Balaban J connectivity index is 1.51. The van der Waals surface area contributed by atoms with Gasteiger partial charge in [0.05, 0.1) is 22.2 Å². The van der Waals surface area contributed by atoms with E-state index in [1.165, 1.54) is 18.4 Å². The maximum absolute atomic E-state index is 13.0. The monoisotopic (exact) mass is 568 g/mol. The predicted molar refractivity (Wildman–Crippen MR) is 156 cm³/mol. The number of amides is 2. The lowest BCUT2D eigenvalue weighted by molar-refractivity contribution is 0.248. The van der Waals surface area contributed by atoms with Crippen LogP contribution in [0.3, 0.4) is 0 Å². The Morgan fingerprint density at radius 2 is 1.79 bits per heavy atom. The van der Waals surface area contributed by atoms with Crippen LogP contribution in [-0.2, 0) is 10.0 Å². The Hall–Kier alpha value is -3.74. The highest BCUT2D eigenvalue weighted by atomic mass is 32.2. The molecule has 0 radical (unpaired) electrons. The highest BCUT2D eigenvalue weighted by molar-refractivity contribution is 7.92. The molecule has 2 amide bonds. The van der Waals surface area contributed by atoms with Crippen LogP contribution in [0.15, 0.2) is 59.6 Å². The summed E-state index contributed by atoms with van der Waals surface area (Å²) in [6, 6.07) is 13.6. The van der Waals surface area contributed by atoms with Gasteiger partial charge in [0.2, 0.25) is 5.88 Å². The third-order valence-electron chi connectivity index (χ3n) is 6.17. The number of aromatic nitrogens is 2. The summed E-state index contributed by atoms with van der Waals surface area (Å²) in [6.45, 7) is 9.26. The molecule has 0 unspecified atom stereocenters. The number of rotatable bonds is 11. The van der Waals surface area contributed by atoms with E-state index in [-0.39, 0.29) is 22.5 Å². The fourth-order valence-corrected chi connectivity index (χ4v) is 5.88. The molecule has 39 heavy (non-hydrogen) atoms. The van der Waals surface area contributed by atoms with E-state index < -0.39 is 10.0 Å². The number of ether oxygens (including phenoxy) is 1. The molecular formula is C27H32N6O4S2. The number of carbonyl (C=O) groups excluding carboxylic acids is 1. The first-order valence-electron chi connectivity index (χ1n) is 12.5. The zero-order chi connectivity index (χ0) is 28.0. The number of fused-ring (bicyclic) bond motifs is 1. The van der Waals surface area contributed by atoms with Crippen molar-refractivity contribution in [3.63, 3.8) is 0 Å². The zero-order valence-corrected chi connectivity index (χ0v) is 23.9. The van der Waals surface area contributed by atoms with Crippen LogP contribution in [0.1, 0.15) is 19.4 Å². The number of urea groups is 1. The smallest absolute Gasteiger partial charge is 0.321 e. The van der Waals surface area contributed by atoms with Crippen LogP contribution in [0.25, 0.3) is 21.3 Å². The second kappa shape index (κ2) is 12.4. The van der Waals surface area contributed by atoms with E-state index in [1.54, 1.807) is 36.5 Å². The summed E-state index contributed by atoms with van der Waals surface area (Å²) in [5.41, 5.74) is 3.43. The van der Waals surface area contributed by atoms with Crippen molar-refractivity contribution in [2.24, 2.45) is 0 Å². The van der Waals surface area contributed by atoms with Crippen LogP contribution in [0.4, 0.5) is 15.6 Å². The number of hydrogen-bond acceptors (Lipinski definition) is 8. The topological polar surface area (TPSA) is 126 Å². The van der Waals surface area contributed by atoms with Gasteiger partial charge in [-0.2, -0.15) is 0 Å². The molecule has 0 atom stereocenters. The lowest BCUT2D eigenvalue weighted by Gasteiger charge is -2.17. The number of nitrogens with one attached hydrogen (secondary N) is 3. The van der Waals surface area contributed by atoms with E-state index in [0.29, 0.717) is 17.2 Å². The molecule has 2 aromatic heterocycles. The molecule has 0 saturated heterocycles. The second-order valence-corrected chi connectivity index (χ2v) is 11.5. The molecule has 0 spiro atoms.